The first-order chi connectivity index (χ1) is 10.8. The summed E-state index contributed by atoms with van der Waals surface area (Å²) in [4.78, 5) is 6.59. The van der Waals surface area contributed by atoms with Crippen LogP contribution in [0.1, 0.15) is 31.7 Å². The first kappa shape index (κ1) is 15.1. The van der Waals surface area contributed by atoms with E-state index in [1.165, 1.54) is 24.9 Å². The Hall–Kier alpha value is -1.81. The Kier molecular flexibility index (Phi) is 5.11. The van der Waals surface area contributed by atoms with Crippen molar-refractivity contribution in [2.24, 2.45) is 0 Å². The van der Waals surface area contributed by atoms with Gasteiger partial charge in [0.2, 0.25) is 0 Å². The molecule has 4 heteroatoms. The lowest BCUT2D eigenvalue weighted by Gasteiger charge is -2.21. The summed E-state index contributed by atoms with van der Waals surface area (Å²) in [5.74, 6) is 0.962. The van der Waals surface area contributed by atoms with E-state index in [2.05, 4.69) is 45.6 Å². The highest BCUT2D eigenvalue weighted by Gasteiger charge is 2.19. The molecular formula is C18H25N3O. The number of imidazole rings is 1. The van der Waals surface area contributed by atoms with Gasteiger partial charge in [0.05, 0.1) is 12.9 Å². The molecule has 0 N–H and O–H groups in total. The smallest absolute Gasteiger partial charge is 0.119 e. The second-order valence-electron chi connectivity index (χ2n) is 6.11. The minimum absolute atomic E-state index is 0.721. The number of nitrogens with zero attached hydrogens (tertiary/aromatic N) is 3. The van der Waals surface area contributed by atoms with Gasteiger partial charge in [-0.3, -0.25) is 4.90 Å². The molecule has 3 rings (SSSR count). The SMILES string of the molecule is C[C@@H]1CCCN1Cc1ccc(OCCCn2ccnc2)cc1. The second-order valence-corrected chi connectivity index (χ2v) is 6.11. The van der Waals surface area contributed by atoms with Crippen LogP contribution < -0.4 is 4.74 Å². The molecule has 1 aromatic carbocycles. The Morgan fingerprint density at radius 1 is 1.27 bits per heavy atom. The Labute approximate surface area is 132 Å². The number of hydrogen-bond acceptors (Lipinski definition) is 3. The molecule has 0 radical (unpaired) electrons. The molecule has 0 saturated carbocycles. The molecular weight excluding hydrogens is 274 g/mol. The van der Waals surface area contributed by atoms with Crippen LogP contribution in [-0.4, -0.2) is 33.6 Å². The van der Waals surface area contributed by atoms with Crippen molar-refractivity contribution in [1.29, 1.82) is 0 Å². The molecule has 2 aromatic rings. The fourth-order valence-corrected chi connectivity index (χ4v) is 3.01. The molecule has 1 atom stereocenters. The van der Waals surface area contributed by atoms with Gasteiger partial charge in [-0.1, -0.05) is 12.1 Å². The molecule has 2 heterocycles. The van der Waals surface area contributed by atoms with E-state index in [1.54, 1.807) is 6.20 Å². The van der Waals surface area contributed by atoms with Crippen molar-refractivity contribution in [2.45, 2.75) is 45.3 Å². The fourth-order valence-electron chi connectivity index (χ4n) is 3.01. The van der Waals surface area contributed by atoms with E-state index < -0.39 is 0 Å². The van der Waals surface area contributed by atoms with Crippen molar-refractivity contribution in [1.82, 2.24) is 14.5 Å². The molecule has 0 spiro atoms. The molecule has 118 valence electrons. The minimum atomic E-state index is 0.721. The van der Waals surface area contributed by atoms with Gasteiger partial charge in [0.25, 0.3) is 0 Å². The van der Waals surface area contributed by atoms with Gasteiger partial charge >= 0.3 is 0 Å². The summed E-state index contributed by atoms with van der Waals surface area (Å²) in [7, 11) is 0. The summed E-state index contributed by atoms with van der Waals surface area (Å²) in [6.45, 7) is 6.30. The maximum atomic E-state index is 5.80. The first-order valence-corrected chi connectivity index (χ1v) is 8.23. The largest absolute Gasteiger partial charge is 0.494 e. The lowest BCUT2D eigenvalue weighted by molar-refractivity contribution is 0.260. The van der Waals surface area contributed by atoms with E-state index in [1.807, 2.05) is 12.5 Å². The highest BCUT2D eigenvalue weighted by atomic mass is 16.5. The van der Waals surface area contributed by atoms with Gasteiger partial charge in [-0.25, -0.2) is 4.98 Å². The second kappa shape index (κ2) is 7.45. The molecule has 1 aromatic heterocycles. The molecule has 4 nitrogen and oxygen atoms in total. The molecule has 0 aliphatic carbocycles. The van der Waals surface area contributed by atoms with Crippen molar-refractivity contribution >= 4 is 0 Å². The Bertz CT molecular complexity index is 550. The van der Waals surface area contributed by atoms with Crippen LogP contribution >= 0.6 is 0 Å². The average Bonchev–Trinajstić information content (AvgIpc) is 3.18. The zero-order valence-electron chi connectivity index (χ0n) is 13.3. The lowest BCUT2D eigenvalue weighted by atomic mass is 10.2. The van der Waals surface area contributed by atoms with E-state index >= 15 is 0 Å². The van der Waals surface area contributed by atoms with Crippen LogP contribution in [-0.2, 0) is 13.1 Å². The van der Waals surface area contributed by atoms with Crippen LogP contribution in [0, 0.1) is 0 Å². The molecule has 1 saturated heterocycles. The van der Waals surface area contributed by atoms with Crippen LogP contribution in [0.2, 0.25) is 0 Å². The average molecular weight is 299 g/mol. The van der Waals surface area contributed by atoms with Gasteiger partial charge < -0.3 is 9.30 Å². The molecule has 22 heavy (non-hydrogen) atoms. The van der Waals surface area contributed by atoms with Crippen molar-refractivity contribution in [3.8, 4) is 5.75 Å². The highest BCUT2D eigenvalue weighted by molar-refractivity contribution is 5.27. The Morgan fingerprint density at radius 2 is 2.14 bits per heavy atom. The third-order valence-corrected chi connectivity index (χ3v) is 4.39. The monoisotopic (exact) mass is 299 g/mol. The van der Waals surface area contributed by atoms with Crippen molar-refractivity contribution in [2.75, 3.05) is 13.2 Å². The Morgan fingerprint density at radius 3 is 2.82 bits per heavy atom. The third-order valence-electron chi connectivity index (χ3n) is 4.39. The summed E-state index contributed by atoms with van der Waals surface area (Å²) < 4.78 is 7.88. The van der Waals surface area contributed by atoms with Gasteiger partial charge in [-0.2, -0.15) is 0 Å². The summed E-state index contributed by atoms with van der Waals surface area (Å²) in [5, 5.41) is 0. The van der Waals surface area contributed by atoms with Gasteiger partial charge in [0, 0.05) is 31.5 Å². The first-order valence-electron chi connectivity index (χ1n) is 8.23. The molecule has 1 aliphatic rings. The van der Waals surface area contributed by atoms with Crippen LogP contribution in [0.5, 0.6) is 5.75 Å². The van der Waals surface area contributed by atoms with E-state index in [0.29, 0.717) is 0 Å². The topological polar surface area (TPSA) is 30.3 Å². The molecule has 0 bridgehead atoms. The normalized spacial score (nSPS) is 18.7. The summed E-state index contributed by atoms with van der Waals surface area (Å²) in [6.07, 6.45) is 9.28. The third kappa shape index (κ3) is 4.10. The molecule has 1 fully saturated rings. The molecule has 0 unspecified atom stereocenters. The van der Waals surface area contributed by atoms with Crippen molar-refractivity contribution < 1.29 is 4.74 Å². The van der Waals surface area contributed by atoms with Crippen LogP contribution in [0.15, 0.2) is 43.0 Å². The van der Waals surface area contributed by atoms with E-state index in [4.69, 9.17) is 4.74 Å². The number of benzene rings is 1. The van der Waals surface area contributed by atoms with Gasteiger partial charge in [-0.05, 0) is 50.4 Å². The zero-order valence-corrected chi connectivity index (χ0v) is 13.3. The number of aryl methyl sites for hydroxylation is 1. The maximum absolute atomic E-state index is 5.80. The predicted octanol–water partition coefficient (Wildman–Crippen LogP) is 3.34. The quantitative estimate of drug-likeness (QED) is 0.735. The number of rotatable bonds is 7. The Balaban J connectivity index is 1.41. The highest BCUT2D eigenvalue weighted by Crippen LogP contribution is 2.20. The van der Waals surface area contributed by atoms with E-state index in [9.17, 15) is 0 Å². The van der Waals surface area contributed by atoms with Crippen LogP contribution in [0.3, 0.4) is 0 Å². The van der Waals surface area contributed by atoms with Crippen LogP contribution in [0.25, 0.3) is 0 Å². The standard InChI is InChI=1S/C18H25N3O/c1-16-4-2-11-21(16)14-17-5-7-18(8-6-17)22-13-3-10-20-12-9-19-15-20/h5-9,12,15-16H,2-4,10-11,13-14H2,1H3/t16-/m1/s1. The van der Waals surface area contributed by atoms with Gasteiger partial charge in [0.1, 0.15) is 5.75 Å². The number of aromatic nitrogens is 2. The number of hydrogen-bond donors (Lipinski definition) is 0. The van der Waals surface area contributed by atoms with E-state index in [-0.39, 0.29) is 0 Å². The van der Waals surface area contributed by atoms with Crippen LogP contribution in [0.4, 0.5) is 0 Å². The summed E-state index contributed by atoms with van der Waals surface area (Å²) in [6, 6.07) is 9.28. The maximum Gasteiger partial charge on any atom is 0.119 e. The fraction of sp³-hybridized carbons (Fsp3) is 0.500. The van der Waals surface area contributed by atoms with Crippen molar-refractivity contribution in [3.63, 3.8) is 0 Å². The van der Waals surface area contributed by atoms with Gasteiger partial charge in [-0.15, -0.1) is 0 Å². The van der Waals surface area contributed by atoms with Gasteiger partial charge in [0.15, 0.2) is 0 Å². The van der Waals surface area contributed by atoms with E-state index in [0.717, 1.165) is 37.9 Å². The predicted molar refractivity (Wildman–Crippen MR) is 87.9 cm³/mol. The number of ether oxygens (including phenoxy) is 1. The van der Waals surface area contributed by atoms with Crippen molar-refractivity contribution in [3.05, 3.63) is 48.5 Å². The molecule has 0 amide bonds. The minimum Gasteiger partial charge on any atom is -0.494 e. The number of likely N-dealkylation sites (tertiary alicyclic amines) is 1. The summed E-state index contributed by atoms with van der Waals surface area (Å²) in [5.41, 5.74) is 1.37. The molecule has 1 aliphatic heterocycles. The summed E-state index contributed by atoms with van der Waals surface area (Å²) >= 11 is 0. The zero-order chi connectivity index (χ0) is 15.2. The lowest BCUT2D eigenvalue weighted by Crippen LogP contribution is -2.26.